The van der Waals surface area contributed by atoms with Crippen LogP contribution in [0.3, 0.4) is 0 Å². The summed E-state index contributed by atoms with van der Waals surface area (Å²) in [6.07, 6.45) is 1.42. The molecule has 1 aromatic carbocycles. The number of rotatable bonds is 7. The molecule has 0 atom stereocenters. The van der Waals surface area contributed by atoms with Crippen LogP contribution < -0.4 is 16.0 Å². The van der Waals surface area contributed by atoms with E-state index in [1.54, 1.807) is 12.0 Å². The standard InChI is InChI=1S/C17H25FN4O3.ClH/c1-25-11-8-19-12-16(23)22-9-6-15(7-10-22)21-17(24)20-14-4-2-13(18)3-5-14;/h2-5,15,19H,6-12H2,1H3,(H2,20,21,24);1H. The molecule has 146 valence electrons. The Morgan fingerprint density at radius 1 is 1.23 bits per heavy atom. The Kier molecular flexibility index (Phi) is 9.93. The van der Waals surface area contributed by atoms with E-state index < -0.39 is 0 Å². The summed E-state index contributed by atoms with van der Waals surface area (Å²) in [5.41, 5.74) is 0.536. The first-order valence-electron chi connectivity index (χ1n) is 8.39. The number of likely N-dealkylation sites (tertiary alicyclic amines) is 1. The second-order valence-corrected chi connectivity index (χ2v) is 5.93. The summed E-state index contributed by atoms with van der Waals surface area (Å²) in [6, 6.07) is 5.30. The van der Waals surface area contributed by atoms with E-state index in [0.29, 0.717) is 51.3 Å². The van der Waals surface area contributed by atoms with Gasteiger partial charge in [-0.2, -0.15) is 0 Å². The average molecular weight is 389 g/mol. The molecule has 0 radical (unpaired) electrons. The topological polar surface area (TPSA) is 82.7 Å². The fourth-order valence-electron chi connectivity index (χ4n) is 2.64. The maximum atomic E-state index is 12.8. The highest BCUT2D eigenvalue weighted by Crippen LogP contribution is 2.12. The zero-order chi connectivity index (χ0) is 18.1. The number of nitrogens with zero attached hydrogens (tertiary/aromatic N) is 1. The molecule has 1 fully saturated rings. The van der Waals surface area contributed by atoms with Crippen molar-refractivity contribution in [2.24, 2.45) is 0 Å². The van der Waals surface area contributed by atoms with Crippen LogP contribution in [0.15, 0.2) is 24.3 Å². The molecule has 0 spiro atoms. The second kappa shape index (κ2) is 11.7. The van der Waals surface area contributed by atoms with Crippen molar-refractivity contribution in [3.8, 4) is 0 Å². The zero-order valence-electron chi connectivity index (χ0n) is 14.8. The Bertz CT molecular complexity index is 566. The number of nitrogens with one attached hydrogen (secondary N) is 3. The molecular weight excluding hydrogens is 363 g/mol. The van der Waals surface area contributed by atoms with E-state index in [2.05, 4.69) is 16.0 Å². The first-order chi connectivity index (χ1) is 12.1. The van der Waals surface area contributed by atoms with E-state index in [4.69, 9.17) is 4.74 Å². The molecule has 26 heavy (non-hydrogen) atoms. The first kappa shape index (κ1) is 22.1. The number of hydrogen-bond donors (Lipinski definition) is 3. The van der Waals surface area contributed by atoms with Gasteiger partial charge in [0.05, 0.1) is 13.2 Å². The predicted octanol–water partition coefficient (Wildman–Crippen LogP) is 1.60. The Labute approximate surface area is 159 Å². The van der Waals surface area contributed by atoms with Crippen molar-refractivity contribution in [1.82, 2.24) is 15.5 Å². The monoisotopic (exact) mass is 388 g/mol. The minimum atomic E-state index is -0.347. The lowest BCUT2D eigenvalue weighted by Gasteiger charge is -2.32. The van der Waals surface area contributed by atoms with E-state index in [1.807, 2.05) is 0 Å². The van der Waals surface area contributed by atoms with Crippen molar-refractivity contribution in [3.05, 3.63) is 30.1 Å². The third kappa shape index (κ3) is 7.55. The van der Waals surface area contributed by atoms with Crippen LogP contribution in [0.1, 0.15) is 12.8 Å². The number of carbonyl (C=O) groups excluding carboxylic acids is 2. The van der Waals surface area contributed by atoms with E-state index in [9.17, 15) is 14.0 Å². The van der Waals surface area contributed by atoms with Gasteiger partial charge in [-0.25, -0.2) is 9.18 Å². The predicted molar refractivity (Wildman–Crippen MR) is 100 cm³/mol. The Balaban J connectivity index is 0.00000338. The molecule has 0 unspecified atom stereocenters. The molecule has 9 heteroatoms. The summed E-state index contributed by atoms with van der Waals surface area (Å²) in [7, 11) is 1.62. The van der Waals surface area contributed by atoms with E-state index in [1.165, 1.54) is 24.3 Å². The molecule has 0 saturated carbocycles. The number of carbonyl (C=O) groups is 2. The SMILES string of the molecule is COCCNCC(=O)N1CCC(NC(=O)Nc2ccc(F)cc2)CC1.Cl. The number of ether oxygens (including phenoxy) is 1. The largest absolute Gasteiger partial charge is 0.383 e. The molecule has 1 aliphatic heterocycles. The van der Waals surface area contributed by atoms with Crippen LogP contribution in [0.25, 0.3) is 0 Å². The third-order valence-corrected chi connectivity index (χ3v) is 4.04. The third-order valence-electron chi connectivity index (χ3n) is 4.04. The van der Waals surface area contributed by atoms with Crippen LogP contribution >= 0.6 is 12.4 Å². The van der Waals surface area contributed by atoms with Gasteiger partial charge in [0.25, 0.3) is 0 Å². The van der Waals surface area contributed by atoms with Crippen LogP contribution in [-0.4, -0.2) is 62.8 Å². The number of hydrogen-bond acceptors (Lipinski definition) is 4. The summed E-state index contributed by atoms with van der Waals surface area (Å²) in [6.45, 7) is 2.75. The minimum absolute atomic E-state index is 0. The van der Waals surface area contributed by atoms with Crippen molar-refractivity contribution < 1.29 is 18.7 Å². The Morgan fingerprint density at radius 2 is 1.88 bits per heavy atom. The van der Waals surface area contributed by atoms with Gasteiger partial charge in [0.15, 0.2) is 0 Å². The first-order valence-corrected chi connectivity index (χ1v) is 8.39. The van der Waals surface area contributed by atoms with Gasteiger partial charge in [-0.15, -0.1) is 12.4 Å². The summed E-state index contributed by atoms with van der Waals surface area (Å²) in [4.78, 5) is 25.8. The van der Waals surface area contributed by atoms with Crippen LogP contribution in [0.4, 0.5) is 14.9 Å². The van der Waals surface area contributed by atoms with Crippen molar-refractivity contribution in [2.75, 3.05) is 45.2 Å². The van der Waals surface area contributed by atoms with Gasteiger partial charge >= 0.3 is 6.03 Å². The van der Waals surface area contributed by atoms with Crippen molar-refractivity contribution in [2.45, 2.75) is 18.9 Å². The Morgan fingerprint density at radius 3 is 2.50 bits per heavy atom. The van der Waals surface area contributed by atoms with Crippen LogP contribution in [0.2, 0.25) is 0 Å². The molecular formula is C17H26ClFN4O3. The van der Waals surface area contributed by atoms with Gasteiger partial charge in [0, 0.05) is 38.5 Å². The summed E-state index contributed by atoms with van der Waals surface area (Å²) in [5.74, 6) is -0.287. The molecule has 1 aromatic rings. The van der Waals surface area contributed by atoms with Gasteiger partial charge in [-0.3, -0.25) is 4.79 Å². The van der Waals surface area contributed by atoms with Gasteiger partial charge in [-0.1, -0.05) is 0 Å². The molecule has 2 rings (SSSR count). The quantitative estimate of drug-likeness (QED) is 0.619. The zero-order valence-corrected chi connectivity index (χ0v) is 15.6. The lowest BCUT2D eigenvalue weighted by molar-refractivity contribution is -0.131. The van der Waals surface area contributed by atoms with Gasteiger partial charge in [0.1, 0.15) is 5.82 Å². The second-order valence-electron chi connectivity index (χ2n) is 5.93. The minimum Gasteiger partial charge on any atom is -0.383 e. The molecule has 0 bridgehead atoms. The highest BCUT2D eigenvalue weighted by atomic mass is 35.5. The van der Waals surface area contributed by atoms with Crippen molar-refractivity contribution >= 4 is 30.0 Å². The smallest absolute Gasteiger partial charge is 0.319 e. The molecule has 3 N–H and O–H groups in total. The lowest BCUT2D eigenvalue weighted by Crippen LogP contribution is -2.49. The fourth-order valence-corrected chi connectivity index (χ4v) is 2.64. The fraction of sp³-hybridized carbons (Fsp3) is 0.529. The van der Waals surface area contributed by atoms with Gasteiger partial charge < -0.3 is 25.6 Å². The average Bonchev–Trinajstić information content (AvgIpc) is 2.61. The number of amides is 3. The van der Waals surface area contributed by atoms with Crippen LogP contribution in [0, 0.1) is 5.82 Å². The molecule has 0 aromatic heterocycles. The van der Waals surface area contributed by atoms with Crippen LogP contribution in [-0.2, 0) is 9.53 Å². The Hall–Kier alpha value is -1.90. The van der Waals surface area contributed by atoms with E-state index >= 15 is 0 Å². The number of halogens is 2. The summed E-state index contributed by atoms with van der Waals surface area (Å²) >= 11 is 0. The number of anilines is 1. The van der Waals surface area contributed by atoms with Gasteiger partial charge in [-0.05, 0) is 37.1 Å². The molecule has 1 saturated heterocycles. The number of piperidine rings is 1. The number of benzene rings is 1. The van der Waals surface area contributed by atoms with E-state index in [0.717, 1.165) is 0 Å². The number of urea groups is 1. The van der Waals surface area contributed by atoms with Gasteiger partial charge in [0.2, 0.25) is 5.91 Å². The van der Waals surface area contributed by atoms with Crippen molar-refractivity contribution in [1.29, 1.82) is 0 Å². The summed E-state index contributed by atoms with van der Waals surface area (Å²) < 4.78 is 17.8. The molecule has 7 nitrogen and oxygen atoms in total. The van der Waals surface area contributed by atoms with Crippen molar-refractivity contribution in [3.63, 3.8) is 0 Å². The lowest BCUT2D eigenvalue weighted by atomic mass is 10.1. The molecule has 3 amide bonds. The maximum Gasteiger partial charge on any atom is 0.319 e. The normalized spacial score (nSPS) is 14.5. The summed E-state index contributed by atoms with van der Waals surface area (Å²) in [5, 5.41) is 8.59. The molecule has 0 aliphatic carbocycles. The van der Waals surface area contributed by atoms with E-state index in [-0.39, 0.29) is 36.2 Å². The maximum absolute atomic E-state index is 12.8. The molecule has 1 heterocycles. The molecule has 1 aliphatic rings. The number of methoxy groups -OCH3 is 1. The highest BCUT2D eigenvalue weighted by Gasteiger charge is 2.23. The highest BCUT2D eigenvalue weighted by molar-refractivity contribution is 5.89. The van der Waals surface area contributed by atoms with Crippen LogP contribution in [0.5, 0.6) is 0 Å².